The predicted molar refractivity (Wildman–Crippen MR) is 93.4 cm³/mol. The van der Waals surface area contributed by atoms with Gasteiger partial charge in [-0.2, -0.15) is 8.78 Å². The van der Waals surface area contributed by atoms with Crippen molar-refractivity contribution in [2.24, 2.45) is 0 Å². The summed E-state index contributed by atoms with van der Waals surface area (Å²) in [6, 6.07) is 11.0. The molecule has 27 heavy (non-hydrogen) atoms. The Bertz CT molecular complexity index is 785. The zero-order valence-corrected chi connectivity index (χ0v) is 14.5. The van der Waals surface area contributed by atoms with Crippen LogP contribution in [0.1, 0.15) is 0 Å². The van der Waals surface area contributed by atoms with Crippen molar-refractivity contribution in [2.75, 3.05) is 30.8 Å². The van der Waals surface area contributed by atoms with Crippen molar-refractivity contribution in [1.29, 1.82) is 0 Å². The van der Waals surface area contributed by atoms with Crippen LogP contribution in [-0.4, -0.2) is 38.6 Å². The van der Waals surface area contributed by atoms with Gasteiger partial charge in [0.2, 0.25) is 0 Å². The van der Waals surface area contributed by atoms with Crippen LogP contribution in [0.3, 0.4) is 0 Å². The molecule has 0 saturated carbocycles. The number of hydrogen-bond acceptors (Lipinski definition) is 3. The molecular formula is C18H19F3N3O3+. The van der Waals surface area contributed by atoms with Gasteiger partial charge >= 0.3 is 6.61 Å². The van der Waals surface area contributed by atoms with Crippen molar-refractivity contribution < 1.29 is 32.4 Å². The minimum atomic E-state index is -2.92. The molecule has 0 aromatic heterocycles. The summed E-state index contributed by atoms with van der Waals surface area (Å²) >= 11 is 0. The third-order valence-electron chi connectivity index (χ3n) is 3.40. The number of halogens is 3. The number of rotatable bonds is 8. The van der Waals surface area contributed by atoms with Gasteiger partial charge in [-0.15, -0.1) is 0 Å². The minimum absolute atomic E-state index is 0.00506. The Hall–Kier alpha value is -3.07. The van der Waals surface area contributed by atoms with Crippen LogP contribution < -0.4 is 20.3 Å². The first kappa shape index (κ1) is 20.2. The Balaban J connectivity index is 1.78. The molecule has 1 unspecified atom stereocenters. The van der Waals surface area contributed by atoms with Gasteiger partial charge in [-0.3, -0.25) is 9.59 Å². The standard InChI is InChI=1S/C18H18F3N3O3/c1-24(11-17(26)23-14-4-2-3-12(19)9-14)10-16(25)22-13-5-7-15(8-6-13)27-18(20)21/h2-9,18H,10-11H2,1H3,(H,22,25)(H,23,26)/p+1. The molecule has 0 spiro atoms. The average molecular weight is 382 g/mol. The van der Waals surface area contributed by atoms with Crippen molar-refractivity contribution >= 4 is 23.2 Å². The highest BCUT2D eigenvalue weighted by Crippen LogP contribution is 2.17. The molecule has 0 aliphatic carbocycles. The third-order valence-corrected chi connectivity index (χ3v) is 3.40. The Labute approximate surface area is 153 Å². The zero-order chi connectivity index (χ0) is 19.8. The first-order valence-corrected chi connectivity index (χ1v) is 8.03. The maximum absolute atomic E-state index is 13.1. The van der Waals surface area contributed by atoms with Crippen molar-refractivity contribution in [3.8, 4) is 5.75 Å². The lowest BCUT2D eigenvalue weighted by atomic mass is 10.3. The van der Waals surface area contributed by atoms with Crippen LogP contribution in [0.15, 0.2) is 48.5 Å². The normalized spacial score (nSPS) is 11.7. The summed E-state index contributed by atoms with van der Waals surface area (Å²) in [6.45, 7) is -2.90. The van der Waals surface area contributed by atoms with Gasteiger partial charge in [-0.25, -0.2) is 4.39 Å². The second-order valence-corrected chi connectivity index (χ2v) is 5.82. The number of likely N-dealkylation sites (N-methyl/N-ethyl adjacent to an activating group) is 1. The van der Waals surface area contributed by atoms with Gasteiger partial charge < -0.3 is 20.3 Å². The van der Waals surface area contributed by atoms with Gasteiger partial charge in [0, 0.05) is 11.4 Å². The second kappa shape index (κ2) is 9.58. The van der Waals surface area contributed by atoms with E-state index in [0.29, 0.717) is 16.3 Å². The number of hydrogen-bond donors (Lipinski definition) is 3. The monoisotopic (exact) mass is 382 g/mol. The van der Waals surface area contributed by atoms with Crippen LogP contribution in [0.2, 0.25) is 0 Å². The van der Waals surface area contributed by atoms with Crippen LogP contribution in [0.4, 0.5) is 24.5 Å². The molecular weight excluding hydrogens is 363 g/mol. The lowest BCUT2D eigenvalue weighted by Gasteiger charge is -2.14. The minimum Gasteiger partial charge on any atom is -0.435 e. The van der Waals surface area contributed by atoms with E-state index in [0.717, 1.165) is 0 Å². The maximum Gasteiger partial charge on any atom is 0.387 e. The van der Waals surface area contributed by atoms with E-state index in [1.54, 1.807) is 13.1 Å². The van der Waals surface area contributed by atoms with E-state index >= 15 is 0 Å². The summed E-state index contributed by atoms with van der Waals surface area (Å²) in [5.41, 5.74) is 0.752. The van der Waals surface area contributed by atoms with Gasteiger partial charge in [-0.05, 0) is 42.5 Å². The Morgan fingerprint density at radius 1 is 1.00 bits per heavy atom. The van der Waals surface area contributed by atoms with Crippen LogP contribution in [0.25, 0.3) is 0 Å². The van der Waals surface area contributed by atoms with Crippen LogP contribution in [0, 0.1) is 5.82 Å². The van der Waals surface area contributed by atoms with E-state index in [9.17, 15) is 22.8 Å². The van der Waals surface area contributed by atoms with E-state index in [1.807, 2.05) is 0 Å². The first-order valence-electron chi connectivity index (χ1n) is 8.03. The van der Waals surface area contributed by atoms with E-state index < -0.39 is 12.4 Å². The number of benzene rings is 2. The molecule has 144 valence electrons. The van der Waals surface area contributed by atoms with Gasteiger partial charge in [-0.1, -0.05) is 6.07 Å². The summed E-state index contributed by atoms with van der Waals surface area (Å²) in [4.78, 5) is 24.6. The van der Waals surface area contributed by atoms with Crippen molar-refractivity contribution in [2.45, 2.75) is 6.61 Å². The highest BCUT2D eigenvalue weighted by molar-refractivity contribution is 5.93. The molecule has 1 atom stereocenters. The zero-order valence-electron chi connectivity index (χ0n) is 14.5. The van der Waals surface area contributed by atoms with Crippen molar-refractivity contribution in [3.63, 3.8) is 0 Å². The summed E-state index contributed by atoms with van der Waals surface area (Å²) < 4.78 is 41.5. The molecule has 3 N–H and O–H groups in total. The summed E-state index contributed by atoms with van der Waals surface area (Å²) in [7, 11) is 1.66. The molecule has 2 rings (SSSR count). The molecule has 0 bridgehead atoms. The van der Waals surface area contributed by atoms with Gasteiger partial charge in [0.05, 0.1) is 7.05 Å². The summed E-state index contributed by atoms with van der Waals surface area (Å²) in [5.74, 6) is -1.19. The van der Waals surface area contributed by atoms with E-state index in [-0.39, 0.29) is 30.7 Å². The van der Waals surface area contributed by atoms with E-state index in [4.69, 9.17) is 0 Å². The van der Waals surface area contributed by atoms with Gasteiger partial charge in [0.15, 0.2) is 13.1 Å². The van der Waals surface area contributed by atoms with Crippen LogP contribution >= 0.6 is 0 Å². The fraction of sp³-hybridized carbons (Fsp3) is 0.222. The smallest absolute Gasteiger partial charge is 0.387 e. The average Bonchev–Trinajstić information content (AvgIpc) is 2.55. The Morgan fingerprint density at radius 2 is 1.59 bits per heavy atom. The second-order valence-electron chi connectivity index (χ2n) is 5.82. The predicted octanol–water partition coefficient (Wildman–Crippen LogP) is 1.52. The van der Waals surface area contributed by atoms with Crippen molar-refractivity contribution in [1.82, 2.24) is 0 Å². The SMILES string of the molecule is C[NH+](CC(=O)Nc1ccc(OC(F)F)cc1)CC(=O)Nc1cccc(F)c1. The summed E-state index contributed by atoms with van der Waals surface area (Å²) in [5, 5.41) is 5.15. The highest BCUT2D eigenvalue weighted by Gasteiger charge is 2.15. The van der Waals surface area contributed by atoms with E-state index in [2.05, 4.69) is 15.4 Å². The highest BCUT2D eigenvalue weighted by atomic mass is 19.3. The van der Waals surface area contributed by atoms with E-state index in [1.165, 1.54) is 42.5 Å². The summed E-state index contributed by atoms with van der Waals surface area (Å²) in [6.07, 6.45) is 0. The maximum atomic E-state index is 13.1. The number of nitrogens with one attached hydrogen (secondary N) is 3. The van der Waals surface area contributed by atoms with Gasteiger partial charge in [0.25, 0.3) is 11.8 Å². The lowest BCUT2D eigenvalue weighted by Crippen LogP contribution is -3.11. The Morgan fingerprint density at radius 3 is 2.15 bits per heavy atom. The molecule has 0 aliphatic rings. The molecule has 0 saturated heterocycles. The van der Waals surface area contributed by atoms with Gasteiger partial charge in [0.1, 0.15) is 11.6 Å². The first-order chi connectivity index (χ1) is 12.8. The van der Waals surface area contributed by atoms with Crippen LogP contribution in [0.5, 0.6) is 5.75 Å². The number of quaternary nitrogens is 1. The Kier molecular flexibility index (Phi) is 7.18. The molecule has 2 aromatic rings. The quantitative estimate of drug-likeness (QED) is 0.648. The molecule has 0 radical (unpaired) electrons. The molecule has 0 aliphatic heterocycles. The third kappa shape index (κ3) is 7.37. The lowest BCUT2D eigenvalue weighted by molar-refractivity contribution is -0.862. The number of anilines is 2. The van der Waals surface area contributed by atoms with Crippen molar-refractivity contribution in [3.05, 3.63) is 54.3 Å². The van der Waals surface area contributed by atoms with Crippen LogP contribution in [-0.2, 0) is 9.59 Å². The molecule has 2 amide bonds. The molecule has 0 fully saturated rings. The topological polar surface area (TPSA) is 71.9 Å². The number of carbonyl (C=O) groups is 2. The fourth-order valence-electron chi connectivity index (χ4n) is 2.31. The molecule has 0 heterocycles. The molecule has 2 aromatic carbocycles. The number of amides is 2. The number of carbonyl (C=O) groups excluding carboxylic acids is 2. The molecule has 6 nitrogen and oxygen atoms in total. The fourth-order valence-corrected chi connectivity index (χ4v) is 2.31. The number of alkyl halides is 2. The molecule has 9 heteroatoms. The largest absolute Gasteiger partial charge is 0.435 e. The number of ether oxygens (including phenoxy) is 1.